The van der Waals surface area contributed by atoms with E-state index < -0.39 is 47.0 Å². The Morgan fingerprint density at radius 1 is 0.544 bits per heavy atom. The highest BCUT2D eigenvalue weighted by atomic mass is 19.4. The number of hydrogen-bond donors (Lipinski definition) is 0. The number of ether oxygens (including phenoxy) is 4. The van der Waals surface area contributed by atoms with Gasteiger partial charge in [0.2, 0.25) is 0 Å². The molecule has 0 radical (unpaired) electrons. The average Bonchev–Trinajstić information content (AvgIpc) is 3.68. The Hall–Kier alpha value is -5.82. The second kappa shape index (κ2) is 19.7. The fraction of sp³-hybridized carbons (Fsp3) is 0.458. The maximum atomic E-state index is 13.2. The third kappa shape index (κ3) is 12.1. The second-order valence-corrected chi connectivity index (χ2v) is 17.7. The Bertz CT molecular complexity index is 2390. The van der Waals surface area contributed by atoms with Gasteiger partial charge in [-0.25, -0.2) is 9.97 Å². The van der Waals surface area contributed by atoms with Crippen LogP contribution in [0.5, 0.6) is 23.0 Å². The van der Waals surface area contributed by atoms with Crippen molar-refractivity contribution >= 4 is 11.6 Å². The van der Waals surface area contributed by atoms with Gasteiger partial charge in [-0.15, -0.1) is 0 Å². The van der Waals surface area contributed by atoms with Crippen LogP contribution in [0.4, 0.5) is 64.3 Å². The van der Waals surface area contributed by atoms with E-state index in [1.165, 1.54) is 30.5 Å². The van der Waals surface area contributed by atoms with Crippen LogP contribution in [0.3, 0.4) is 0 Å². The smallest absolute Gasteiger partial charge is 0.417 e. The molecule has 6 heterocycles. The highest BCUT2D eigenvalue weighted by molar-refractivity contribution is 5.49. The van der Waals surface area contributed by atoms with Crippen LogP contribution in [0.2, 0.25) is 0 Å². The predicted molar refractivity (Wildman–Crippen MR) is 228 cm³/mol. The summed E-state index contributed by atoms with van der Waals surface area (Å²) in [5, 5.41) is 0. The quantitative estimate of drug-likeness (QED) is 0.0836. The molecule has 0 N–H and O–H groups in total. The number of fused-ring (bicyclic) bond motifs is 4. The topological polar surface area (TPSA) is 69.2 Å². The fourth-order valence-electron chi connectivity index (χ4n) is 9.12. The first-order valence-corrected chi connectivity index (χ1v) is 21.8. The van der Waals surface area contributed by atoms with Gasteiger partial charge in [-0.2, -0.15) is 52.7 Å². The van der Waals surface area contributed by atoms with Gasteiger partial charge in [-0.05, 0) is 118 Å². The number of nitrogens with zero attached hydrogens (tertiary/aromatic N) is 4. The van der Waals surface area contributed by atoms with E-state index >= 15 is 0 Å². The molecule has 0 aliphatic carbocycles. The van der Waals surface area contributed by atoms with E-state index in [9.17, 15) is 52.7 Å². The first-order chi connectivity index (χ1) is 31.8. The summed E-state index contributed by atoms with van der Waals surface area (Å²) in [6.45, 7) is 8.99. The number of pyridine rings is 2. The van der Waals surface area contributed by atoms with E-state index in [4.69, 9.17) is 18.9 Å². The van der Waals surface area contributed by atoms with Gasteiger partial charge in [0.1, 0.15) is 30.5 Å². The maximum Gasteiger partial charge on any atom is 0.417 e. The molecule has 2 aromatic heterocycles. The van der Waals surface area contributed by atoms with Crippen LogP contribution >= 0.6 is 0 Å². The first-order valence-electron chi connectivity index (χ1n) is 21.8. The van der Waals surface area contributed by atoms with Crippen molar-refractivity contribution in [1.82, 2.24) is 9.97 Å². The van der Waals surface area contributed by atoms with Crippen molar-refractivity contribution in [3.05, 3.63) is 119 Å². The van der Waals surface area contributed by atoms with Gasteiger partial charge >= 0.3 is 24.7 Å². The summed E-state index contributed by atoms with van der Waals surface area (Å²) in [6, 6.07) is 11.2. The minimum atomic E-state index is -4.51. The van der Waals surface area contributed by atoms with E-state index in [-0.39, 0.29) is 66.0 Å². The molecule has 4 aliphatic heterocycles. The molecule has 0 spiro atoms. The lowest BCUT2D eigenvalue weighted by molar-refractivity contribution is -0.138. The van der Waals surface area contributed by atoms with Gasteiger partial charge in [0.25, 0.3) is 0 Å². The van der Waals surface area contributed by atoms with Crippen LogP contribution in [0.25, 0.3) is 0 Å². The zero-order valence-electron chi connectivity index (χ0n) is 37.0. The molecule has 8 nitrogen and oxygen atoms in total. The zero-order chi connectivity index (χ0) is 49.3. The molecule has 20 heteroatoms. The summed E-state index contributed by atoms with van der Waals surface area (Å²) >= 11 is 0. The monoisotopic (exact) mass is 972 g/mol. The SMILES string of the molecule is C=C(C)COc1cc(C(F)(F)F)ccc1OC1C[C@H]2CC[C@@H](C1)N2c1ccc(C(F)(F)F)cn1.CC(C)=COc1cc(C(F)(F)F)ccc1OC1C[C@H]2CC[C@@H](C1)N2c1ccc(C(F)(F)F)cn1. The summed E-state index contributed by atoms with van der Waals surface area (Å²) in [5.41, 5.74) is -1.84. The first kappa shape index (κ1) is 50.1. The summed E-state index contributed by atoms with van der Waals surface area (Å²) in [7, 11) is 0. The minimum absolute atomic E-state index is 0.00277. The van der Waals surface area contributed by atoms with Crippen molar-refractivity contribution in [2.75, 3.05) is 16.4 Å². The molecule has 68 heavy (non-hydrogen) atoms. The third-order valence-corrected chi connectivity index (χ3v) is 12.1. The number of halogens is 12. The largest absolute Gasteiger partial charge is 0.486 e. The molecule has 4 aromatic rings. The van der Waals surface area contributed by atoms with E-state index in [0.29, 0.717) is 42.9 Å². The molecule has 4 aliphatic rings. The van der Waals surface area contributed by atoms with E-state index in [0.717, 1.165) is 80.0 Å². The number of allylic oxidation sites excluding steroid dienone is 1. The molecule has 368 valence electrons. The van der Waals surface area contributed by atoms with E-state index in [2.05, 4.69) is 16.5 Å². The van der Waals surface area contributed by atoms with Crippen molar-refractivity contribution < 1.29 is 71.6 Å². The van der Waals surface area contributed by atoms with Gasteiger partial charge in [-0.3, -0.25) is 0 Å². The Morgan fingerprint density at radius 2 is 0.912 bits per heavy atom. The lowest BCUT2D eigenvalue weighted by Gasteiger charge is -2.39. The molecule has 4 fully saturated rings. The van der Waals surface area contributed by atoms with Gasteiger partial charge in [0.05, 0.1) is 28.5 Å². The number of alkyl halides is 12. The standard InChI is InChI=1S/2C24H24F6N2O2/c2*1-14(2)13-33-21-9-15(23(25,26)27)3-7-20(21)34-19-10-17-5-6-18(11-19)32(17)22-8-4-16(12-31-22)24(28,29)30/h3-4,7-9,12-13,17-19H,5-6,10-11H2,1-2H3;3-4,7-9,12,17-19H,1,5-6,10-11,13H2,2H3/t2*17-,18+,19?. The number of hydrogen-bond acceptors (Lipinski definition) is 8. The van der Waals surface area contributed by atoms with Gasteiger partial charge in [-0.1, -0.05) is 6.58 Å². The van der Waals surface area contributed by atoms with Crippen molar-refractivity contribution in [3.63, 3.8) is 0 Å². The van der Waals surface area contributed by atoms with Crippen molar-refractivity contribution in [2.45, 2.75) is 133 Å². The molecule has 2 unspecified atom stereocenters. The molecular formula is C48H48F12N4O4. The average molecular weight is 973 g/mol. The molecule has 4 bridgehead atoms. The van der Waals surface area contributed by atoms with Crippen LogP contribution in [0, 0.1) is 0 Å². The van der Waals surface area contributed by atoms with Gasteiger partial charge in [0.15, 0.2) is 23.0 Å². The normalized spacial score (nSPS) is 22.5. The summed E-state index contributed by atoms with van der Waals surface area (Å²) in [5.74, 6) is 1.39. The second-order valence-electron chi connectivity index (χ2n) is 17.7. The van der Waals surface area contributed by atoms with Crippen molar-refractivity contribution in [2.24, 2.45) is 0 Å². The van der Waals surface area contributed by atoms with E-state index in [1.54, 1.807) is 20.8 Å². The van der Waals surface area contributed by atoms with Crippen molar-refractivity contribution in [1.29, 1.82) is 0 Å². The minimum Gasteiger partial charge on any atom is -0.486 e. The van der Waals surface area contributed by atoms with Crippen LogP contribution in [0.15, 0.2) is 97.0 Å². The van der Waals surface area contributed by atoms with Crippen LogP contribution in [0.1, 0.15) is 94.4 Å². The molecule has 2 aromatic carbocycles. The summed E-state index contributed by atoms with van der Waals surface area (Å²) in [6.07, 6.45) is -9.80. The predicted octanol–water partition coefficient (Wildman–Crippen LogP) is 13.7. The Balaban J connectivity index is 0.000000201. The van der Waals surface area contributed by atoms with Crippen molar-refractivity contribution in [3.8, 4) is 23.0 Å². The van der Waals surface area contributed by atoms with Gasteiger partial charge < -0.3 is 28.7 Å². The number of anilines is 2. The lowest BCUT2D eigenvalue weighted by Crippen LogP contribution is -2.46. The third-order valence-electron chi connectivity index (χ3n) is 12.1. The molecule has 0 saturated carbocycles. The number of aromatic nitrogens is 2. The zero-order valence-corrected chi connectivity index (χ0v) is 37.0. The highest BCUT2D eigenvalue weighted by Gasteiger charge is 2.45. The summed E-state index contributed by atoms with van der Waals surface area (Å²) in [4.78, 5) is 12.1. The molecular weight excluding hydrogens is 925 g/mol. The fourth-order valence-corrected chi connectivity index (χ4v) is 9.12. The Kier molecular flexibility index (Phi) is 14.5. The molecule has 8 rings (SSSR count). The van der Waals surface area contributed by atoms with E-state index in [1.807, 2.05) is 9.80 Å². The highest BCUT2D eigenvalue weighted by Crippen LogP contribution is 2.45. The van der Waals surface area contributed by atoms with Crippen LogP contribution < -0.4 is 28.7 Å². The number of piperidine rings is 2. The molecule has 6 atom stereocenters. The van der Waals surface area contributed by atoms with Crippen LogP contribution in [-0.2, 0) is 24.7 Å². The Labute approximate surface area is 384 Å². The number of rotatable bonds is 11. The lowest BCUT2D eigenvalue weighted by atomic mass is 9.99. The Morgan fingerprint density at radius 3 is 1.25 bits per heavy atom. The molecule has 4 saturated heterocycles. The molecule has 0 amide bonds. The summed E-state index contributed by atoms with van der Waals surface area (Å²) < 4.78 is 179. The van der Waals surface area contributed by atoms with Crippen LogP contribution in [-0.4, -0.2) is 53.0 Å². The number of benzene rings is 2. The maximum absolute atomic E-state index is 13.2. The van der Waals surface area contributed by atoms with Gasteiger partial charge in [0, 0.05) is 62.2 Å².